The van der Waals surface area contributed by atoms with Gasteiger partial charge in [-0.3, -0.25) is 24.2 Å². The standard InChI is InChI=1S/C20H17ClN2O4S/c1-3-22-18(25)15(19(26)23(4-2)20(22)28)10-13-6-8-17(27-13)14-9-12(11-24)5-7-16(14)21/h5-11H,3-4H2,1-2H3. The van der Waals surface area contributed by atoms with Crippen LogP contribution >= 0.6 is 23.8 Å². The summed E-state index contributed by atoms with van der Waals surface area (Å²) in [7, 11) is 0. The highest BCUT2D eigenvalue weighted by Gasteiger charge is 2.38. The maximum Gasteiger partial charge on any atom is 0.265 e. The van der Waals surface area contributed by atoms with Crippen LogP contribution in [0, 0.1) is 0 Å². The minimum Gasteiger partial charge on any atom is -0.457 e. The SMILES string of the molecule is CCN1C(=O)C(=Cc2ccc(-c3cc(C=O)ccc3Cl)o2)C(=O)N(CC)C1=S. The van der Waals surface area contributed by atoms with Crippen molar-refractivity contribution in [3.8, 4) is 11.3 Å². The molecule has 28 heavy (non-hydrogen) atoms. The molecule has 2 aromatic rings. The molecule has 1 fully saturated rings. The van der Waals surface area contributed by atoms with Crippen molar-refractivity contribution < 1.29 is 18.8 Å². The van der Waals surface area contributed by atoms with E-state index in [1.54, 1.807) is 44.2 Å². The number of halogens is 1. The molecule has 0 saturated carbocycles. The van der Waals surface area contributed by atoms with Gasteiger partial charge in [0.25, 0.3) is 11.8 Å². The molecule has 0 N–H and O–H groups in total. The Hall–Kier alpha value is -2.77. The van der Waals surface area contributed by atoms with Crippen LogP contribution in [0.3, 0.4) is 0 Å². The summed E-state index contributed by atoms with van der Waals surface area (Å²) >= 11 is 11.4. The van der Waals surface area contributed by atoms with E-state index in [0.29, 0.717) is 47.0 Å². The van der Waals surface area contributed by atoms with E-state index < -0.39 is 11.8 Å². The van der Waals surface area contributed by atoms with Crippen molar-refractivity contribution in [3.63, 3.8) is 0 Å². The molecule has 3 rings (SSSR count). The summed E-state index contributed by atoms with van der Waals surface area (Å²) in [4.78, 5) is 39.1. The molecule has 144 valence electrons. The Morgan fingerprint density at radius 3 is 2.29 bits per heavy atom. The fraction of sp³-hybridized carbons (Fsp3) is 0.200. The molecule has 1 saturated heterocycles. The molecule has 0 unspecified atom stereocenters. The number of thiocarbonyl (C=S) groups is 1. The number of aldehydes is 1. The van der Waals surface area contributed by atoms with Gasteiger partial charge in [0.15, 0.2) is 5.11 Å². The topological polar surface area (TPSA) is 70.8 Å². The molecule has 1 aliphatic heterocycles. The van der Waals surface area contributed by atoms with Crippen LogP contribution in [0.2, 0.25) is 5.02 Å². The minimum absolute atomic E-state index is 0.0223. The Balaban J connectivity index is 2.00. The first-order valence-electron chi connectivity index (χ1n) is 8.65. The number of hydrogen-bond acceptors (Lipinski definition) is 5. The van der Waals surface area contributed by atoms with Crippen LogP contribution in [0.1, 0.15) is 30.0 Å². The van der Waals surface area contributed by atoms with Crippen molar-refractivity contribution in [1.29, 1.82) is 0 Å². The van der Waals surface area contributed by atoms with Crippen LogP contribution in [0.15, 0.2) is 40.3 Å². The average Bonchev–Trinajstić information content (AvgIpc) is 3.15. The molecule has 0 radical (unpaired) electrons. The fourth-order valence-electron chi connectivity index (χ4n) is 2.91. The lowest BCUT2D eigenvalue weighted by Gasteiger charge is -2.35. The van der Waals surface area contributed by atoms with E-state index in [9.17, 15) is 14.4 Å². The highest BCUT2D eigenvalue weighted by atomic mass is 35.5. The highest BCUT2D eigenvalue weighted by molar-refractivity contribution is 7.80. The van der Waals surface area contributed by atoms with Crippen LogP contribution in [-0.2, 0) is 9.59 Å². The van der Waals surface area contributed by atoms with Gasteiger partial charge >= 0.3 is 0 Å². The number of likely N-dealkylation sites (N-methyl/N-ethyl adjacent to an activating group) is 2. The summed E-state index contributed by atoms with van der Waals surface area (Å²) in [5, 5.41) is 0.624. The monoisotopic (exact) mass is 416 g/mol. The van der Waals surface area contributed by atoms with Crippen molar-refractivity contribution in [2.45, 2.75) is 13.8 Å². The number of furan rings is 1. The molecule has 0 aliphatic carbocycles. The molecule has 1 aromatic heterocycles. The lowest BCUT2D eigenvalue weighted by atomic mass is 10.1. The lowest BCUT2D eigenvalue weighted by Crippen LogP contribution is -2.55. The molecule has 0 atom stereocenters. The second kappa shape index (κ2) is 8.08. The van der Waals surface area contributed by atoms with Gasteiger partial charge in [0.05, 0.1) is 5.02 Å². The van der Waals surface area contributed by atoms with E-state index in [4.69, 9.17) is 28.2 Å². The predicted octanol–water partition coefficient (Wildman–Crippen LogP) is 3.79. The Morgan fingerprint density at radius 1 is 1.07 bits per heavy atom. The van der Waals surface area contributed by atoms with Gasteiger partial charge in [-0.1, -0.05) is 17.7 Å². The zero-order chi connectivity index (χ0) is 20.4. The fourth-order valence-corrected chi connectivity index (χ4v) is 3.54. The number of carbonyl (C=O) groups is 3. The molecule has 6 nitrogen and oxygen atoms in total. The first kappa shape index (κ1) is 20.0. The molecule has 1 aromatic carbocycles. The van der Waals surface area contributed by atoms with E-state index in [1.165, 1.54) is 15.9 Å². The molecule has 8 heteroatoms. The van der Waals surface area contributed by atoms with Crippen molar-refractivity contribution in [1.82, 2.24) is 9.80 Å². The predicted molar refractivity (Wildman–Crippen MR) is 110 cm³/mol. The van der Waals surface area contributed by atoms with Crippen molar-refractivity contribution in [2.75, 3.05) is 13.1 Å². The first-order valence-corrected chi connectivity index (χ1v) is 9.44. The first-order chi connectivity index (χ1) is 13.4. The lowest BCUT2D eigenvalue weighted by molar-refractivity contribution is -0.133. The molecule has 1 aliphatic rings. The summed E-state index contributed by atoms with van der Waals surface area (Å²) in [6.07, 6.45) is 2.12. The van der Waals surface area contributed by atoms with E-state index in [2.05, 4.69) is 0 Å². The van der Waals surface area contributed by atoms with Crippen LogP contribution in [0.5, 0.6) is 0 Å². The Morgan fingerprint density at radius 2 is 1.71 bits per heavy atom. The third kappa shape index (κ3) is 3.50. The largest absolute Gasteiger partial charge is 0.457 e. The van der Waals surface area contributed by atoms with Crippen LogP contribution < -0.4 is 0 Å². The van der Waals surface area contributed by atoms with E-state index in [0.717, 1.165) is 0 Å². The zero-order valence-corrected chi connectivity index (χ0v) is 16.8. The third-order valence-electron chi connectivity index (χ3n) is 4.35. The van der Waals surface area contributed by atoms with Crippen molar-refractivity contribution in [2.24, 2.45) is 0 Å². The quantitative estimate of drug-likeness (QED) is 0.321. The van der Waals surface area contributed by atoms with Crippen LogP contribution in [-0.4, -0.2) is 46.1 Å². The second-order valence-corrected chi connectivity index (χ2v) is 6.77. The summed E-state index contributed by atoms with van der Waals surface area (Å²) < 4.78 is 5.76. The van der Waals surface area contributed by atoms with E-state index in [-0.39, 0.29) is 10.7 Å². The number of benzene rings is 1. The van der Waals surface area contributed by atoms with Gasteiger partial charge in [0.1, 0.15) is 23.4 Å². The molecular formula is C20H17ClN2O4S. The number of amides is 2. The minimum atomic E-state index is -0.457. The maximum absolute atomic E-state index is 12.7. The Bertz CT molecular complexity index is 983. The summed E-state index contributed by atoms with van der Waals surface area (Å²) in [6, 6.07) is 8.12. The number of rotatable bonds is 5. The molecule has 2 amide bonds. The average molecular weight is 417 g/mol. The van der Waals surface area contributed by atoms with Crippen molar-refractivity contribution in [3.05, 3.63) is 52.3 Å². The Kier molecular flexibility index (Phi) is 5.76. The molecule has 0 bridgehead atoms. The van der Waals surface area contributed by atoms with E-state index in [1.807, 2.05) is 0 Å². The number of carbonyl (C=O) groups excluding carboxylic acids is 3. The molecule has 0 spiro atoms. The van der Waals surface area contributed by atoms with Gasteiger partial charge in [-0.2, -0.15) is 0 Å². The smallest absolute Gasteiger partial charge is 0.265 e. The Labute approximate surface area is 172 Å². The van der Waals surface area contributed by atoms with Gasteiger partial charge in [0, 0.05) is 24.2 Å². The van der Waals surface area contributed by atoms with Gasteiger partial charge < -0.3 is 4.42 Å². The van der Waals surface area contributed by atoms with Gasteiger partial charge in [0.2, 0.25) is 0 Å². The van der Waals surface area contributed by atoms with Crippen LogP contribution in [0.4, 0.5) is 0 Å². The summed E-state index contributed by atoms with van der Waals surface area (Å²) in [5.41, 5.74) is 0.980. The third-order valence-corrected chi connectivity index (χ3v) is 5.12. The van der Waals surface area contributed by atoms with Crippen molar-refractivity contribution >= 4 is 53.1 Å². The number of hydrogen-bond donors (Lipinski definition) is 0. The highest BCUT2D eigenvalue weighted by Crippen LogP contribution is 2.31. The van der Waals surface area contributed by atoms with Gasteiger partial charge in [-0.05, 0) is 56.4 Å². The van der Waals surface area contributed by atoms with Crippen LogP contribution in [0.25, 0.3) is 17.4 Å². The normalized spacial score (nSPS) is 14.7. The second-order valence-electron chi connectivity index (χ2n) is 6.00. The molecule has 2 heterocycles. The van der Waals surface area contributed by atoms with E-state index >= 15 is 0 Å². The summed E-state index contributed by atoms with van der Waals surface area (Å²) in [6.45, 7) is 4.30. The zero-order valence-electron chi connectivity index (χ0n) is 15.3. The van der Waals surface area contributed by atoms with Gasteiger partial charge in [-0.15, -0.1) is 0 Å². The number of nitrogens with zero attached hydrogens (tertiary/aromatic N) is 2. The maximum atomic E-state index is 12.7. The summed E-state index contributed by atoms with van der Waals surface area (Å²) in [5.74, 6) is -0.173. The molecular weight excluding hydrogens is 400 g/mol. The van der Waals surface area contributed by atoms with Gasteiger partial charge in [-0.25, -0.2) is 0 Å².